The summed E-state index contributed by atoms with van der Waals surface area (Å²) in [5.74, 6) is -1.12. The van der Waals surface area contributed by atoms with Crippen LogP contribution in [0.5, 0.6) is 0 Å². The van der Waals surface area contributed by atoms with Gasteiger partial charge in [0.1, 0.15) is 5.82 Å². The minimum absolute atomic E-state index is 0.199. The number of H-pyrrole nitrogens is 1. The lowest BCUT2D eigenvalue weighted by atomic mass is 9.95. The van der Waals surface area contributed by atoms with Crippen molar-refractivity contribution < 1.29 is 19.8 Å². The van der Waals surface area contributed by atoms with Crippen molar-refractivity contribution >= 4 is 28.8 Å². The molecule has 0 fully saturated rings. The zero-order chi connectivity index (χ0) is 21.5. The number of nitrogens with one attached hydrogen (secondary N) is 1. The second-order valence-corrected chi connectivity index (χ2v) is 8.08. The number of benzene rings is 1. The Balaban J connectivity index is 2.01. The van der Waals surface area contributed by atoms with Crippen LogP contribution < -0.4 is 0 Å². The maximum atomic E-state index is 12.2. The van der Waals surface area contributed by atoms with Crippen molar-refractivity contribution in [3.05, 3.63) is 81.1 Å². The maximum absolute atomic E-state index is 12.2. The van der Waals surface area contributed by atoms with Gasteiger partial charge in [-0.15, -0.1) is 11.3 Å². The van der Waals surface area contributed by atoms with Crippen molar-refractivity contribution in [3.63, 3.8) is 0 Å². The van der Waals surface area contributed by atoms with Gasteiger partial charge in [0.05, 0.1) is 17.5 Å². The number of aromatic nitrogens is 2. The molecule has 156 valence electrons. The van der Waals surface area contributed by atoms with E-state index in [1.54, 1.807) is 18.3 Å². The quantitative estimate of drug-likeness (QED) is 0.404. The Morgan fingerprint density at radius 3 is 2.47 bits per heavy atom. The summed E-state index contributed by atoms with van der Waals surface area (Å²) < 4.78 is 0. The van der Waals surface area contributed by atoms with Gasteiger partial charge in [-0.1, -0.05) is 31.5 Å². The van der Waals surface area contributed by atoms with Gasteiger partial charge >= 0.3 is 11.9 Å². The van der Waals surface area contributed by atoms with Crippen LogP contribution in [-0.4, -0.2) is 32.1 Å². The standard InChI is InChI=1S/C23H24N2O4S/c1-2-3-6-21-24-14-20(25-21)18(12-15-7-9-16(10-8-15)22(26)27)19(23(28)29)13-17-5-4-11-30-17/h4-5,7-11,14H,2-3,6,12-13H2,1H3,(H,24,25)(H,26,27)(H,28,29)/b19-18+. The van der Waals surface area contributed by atoms with Crippen LogP contribution in [0.2, 0.25) is 0 Å². The molecule has 30 heavy (non-hydrogen) atoms. The number of rotatable bonds is 10. The van der Waals surface area contributed by atoms with Crippen molar-refractivity contribution in [1.82, 2.24) is 9.97 Å². The van der Waals surface area contributed by atoms with E-state index in [1.165, 1.54) is 23.5 Å². The molecule has 0 saturated carbocycles. The Kier molecular flexibility index (Phi) is 7.19. The molecule has 0 spiro atoms. The van der Waals surface area contributed by atoms with Gasteiger partial charge in [-0.05, 0) is 41.1 Å². The van der Waals surface area contributed by atoms with Crippen molar-refractivity contribution in [2.75, 3.05) is 0 Å². The number of carboxylic acids is 2. The van der Waals surface area contributed by atoms with Crippen LogP contribution in [0.3, 0.4) is 0 Å². The van der Waals surface area contributed by atoms with E-state index >= 15 is 0 Å². The number of aromatic carboxylic acids is 1. The first-order valence-corrected chi connectivity index (χ1v) is 10.7. The van der Waals surface area contributed by atoms with Gasteiger partial charge in [-0.25, -0.2) is 14.6 Å². The predicted molar refractivity (Wildman–Crippen MR) is 117 cm³/mol. The smallest absolute Gasteiger partial charge is 0.335 e. The Morgan fingerprint density at radius 2 is 1.87 bits per heavy atom. The molecule has 0 amide bonds. The van der Waals surface area contributed by atoms with E-state index in [4.69, 9.17) is 5.11 Å². The summed E-state index contributed by atoms with van der Waals surface area (Å²) in [6, 6.07) is 10.4. The maximum Gasteiger partial charge on any atom is 0.335 e. The molecule has 0 bridgehead atoms. The highest BCUT2D eigenvalue weighted by Crippen LogP contribution is 2.27. The SMILES string of the molecule is CCCCc1ncc(/C(Cc2ccc(C(=O)O)cc2)=C(\Cc2cccs2)C(=O)O)[nH]1. The number of allylic oxidation sites excluding steroid dienone is 1. The number of aryl methyl sites for hydroxylation is 1. The van der Waals surface area contributed by atoms with Crippen molar-refractivity contribution in [2.24, 2.45) is 0 Å². The van der Waals surface area contributed by atoms with Gasteiger partial charge in [0, 0.05) is 29.7 Å². The summed E-state index contributed by atoms with van der Waals surface area (Å²) in [7, 11) is 0. The minimum atomic E-state index is -0.990. The number of unbranched alkanes of at least 4 members (excludes halogenated alkanes) is 1. The summed E-state index contributed by atoms with van der Waals surface area (Å²) in [4.78, 5) is 32.0. The van der Waals surface area contributed by atoms with E-state index in [0.717, 1.165) is 35.5 Å². The van der Waals surface area contributed by atoms with Crippen LogP contribution in [0.25, 0.3) is 5.57 Å². The molecule has 1 aromatic carbocycles. The summed E-state index contributed by atoms with van der Waals surface area (Å²) in [6.45, 7) is 2.11. The Labute approximate surface area is 178 Å². The second kappa shape index (κ2) is 10.0. The number of aromatic amines is 1. The highest BCUT2D eigenvalue weighted by atomic mass is 32.1. The van der Waals surface area contributed by atoms with Crippen LogP contribution in [0.15, 0.2) is 53.5 Å². The van der Waals surface area contributed by atoms with Gasteiger partial charge < -0.3 is 15.2 Å². The molecule has 3 N–H and O–H groups in total. The van der Waals surface area contributed by atoms with Crippen LogP contribution in [-0.2, 0) is 24.1 Å². The Bertz CT molecular complexity index is 1030. The average molecular weight is 425 g/mol. The first-order chi connectivity index (χ1) is 14.5. The molecule has 7 heteroatoms. The van der Waals surface area contributed by atoms with E-state index in [1.807, 2.05) is 17.5 Å². The topological polar surface area (TPSA) is 103 Å². The van der Waals surface area contributed by atoms with Crippen LogP contribution >= 0.6 is 11.3 Å². The summed E-state index contributed by atoms with van der Waals surface area (Å²) >= 11 is 1.52. The highest BCUT2D eigenvalue weighted by Gasteiger charge is 2.20. The Hall–Kier alpha value is -3.19. The molecule has 0 aliphatic carbocycles. The van der Waals surface area contributed by atoms with Gasteiger partial charge in [0.15, 0.2) is 0 Å². The lowest BCUT2D eigenvalue weighted by molar-refractivity contribution is -0.132. The minimum Gasteiger partial charge on any atom is -0.478 e. The molecule has 2 heterocycles. The number of aliphatic carboxylic acids is 1. The summed E-state index contributed by atoms with van der Waals surface area (Å²) in [6.07, 6.45) is 5.24. The van der Waals surface area contributed by atoms with Gasteiger partial charge in [-0.2, -0.15) is 0 Å². The lowest BCUT2D eigenvalue weighted by Crippen LogP contribution is -2.09. The van der Waals surface area contributed by atoms with Crippen molar-refractivity contribution in [1.29, 1.82) is 0 Å². The fraction of sp³-hybridized carbons (Fsp3) is 0.261. The molecule has 0 atom stereocenters. The third-order valence-corrected chi connectivity index (χ3v) is 5.73. The number of carboxylic acid groups (broad SMARTS) is 2. The van der Waals surface area contributed by atoms with Crippen LogP contribution in [0.1, 0.15) is 52.1 Å². The number of hydrogen-bond acceptors (Lipinski definition) is 4. The first kappa shape index (κ1) is 21.5. The summed E-state index contributed by atoms with van der Waals surface area (Å²) in [5.41, 5.74) is 2.70. The predicted octanol–water partition coefficient (Wildman–Crippen LogP) is 4.84. The summed E-state index contributed by atoms with van der Waals surface area (Å²) in [5, 5.41) is 21.0. The fourth-order valence-electron chi connectivity index (χ4n) is 3.22. The molecular weight excluding hydrogens is 400 g/mol. The van der Waals surface area contributed by atoms with E-state index in [2.05, 4.69) is 16.9 Å². The van der Waals surface area contributed by atoms with Crippen molar-refractivity contribution in [3.8, 4) is 0 Å². The molecule has 2 aromatic heterocycles. The van der Waals surface area contributed by atoms with Crippen LogP contribution in [0.4, 0.5) is 0 Å². The zero-order valence-corrected chi connectivity index (χ0v) is 17.5. The van der Waals surface area contributed by atoms with Gasteiger partial charge in [-0.3, -0.25) is 0 Å². The second-order valence-electron chi connectivity index (χ2n) is 7.04. The zero-order valence-electron chi connectivity index (χ0n) is 16.7. The van der Waals surface area contributed by atoms with E-state index in [-0.39, 0.29) is 5.56 Å². The molecule has 0 aliphatic heterocycles. The fourth-order valence-corrected chi connectivity index (χ4v) is 3.94. The highest BCUT2D eigenvalue weighted by molar-refractivity contribution is 7.09. The van der Waals surface area contributed by atoms with Gasteiger partial charge in [0.2, 0.25) is 0 Å². The average Bonchev–Trinajstić information content (AvgIpc) is 3.41. The molecule has 0 aliphatic rings. The van der Waals surface area contributed by atoms with Crippen LogP contribution in [0, 0.1) is 0 Å². The lowest BCUT2D eigenvalue weighted by Gasteiger charge is -2.12. The molecular formula is C23H24N2O4S. The third kappa shape index (κ3) is 5.45. The number of carbonyl (C=O) groups is 2. The van der Waals surface area contributed by atoms with Gasteiger partial charge in [0.25, 0.3) is 0 Å². The van der Waals surface area contributed by atoms with E-state index < -0.39 is 11.9 Å². The normalized spacial score (nSPS) is 11.9. The molecule has 0 saturated heterocycles. The van der Waals surface area contributed by atoms with E-state index in [9.17, 15) is 14.7 Å². The Morgan fingerprint density at radius 1 is 1.10 bits per heavy atom. The number of nitrogens with zero attached hydrogens (tertiary/aromatic N) is 1. The third-order valence-electron chi connectivity index (χ3n) is 4.86. The number of imidazole rings is 1. The number of thiophene rings is 1. The molecule has 3 rings (SSSR count). The number of hydrogen-bond donors (Lipinski definition) is 3. The molecule has 3 aromatic rings. The molecule has 0 radical (unpaired) electrons. The molecule has 0 unspecified atom stereocenters. The molecule has 6 nitrogen and oxygen atoms in total. The van der Waals surface area contributed by atoms with E-state index in [0.29, 0.717) is 29.7 Å². The largest absolute Gasteiger partial charge is 0.478 e. The van der Waals surface area contributed by atoms with Crippen molar-refractivity contribution in [2.45, 2.75) is 39.0 Å². The monoisotopic (exact) mass is 424 g/mol. The first-order valence-electron chi connectivity index (χ1n) is 9.82.